The molecule has 0 spiro atoms. The molecule has 120 valence electrons. The van der Waals surface area contributed by atoms with E-state index in [4.69, 9.17) is 5.73 Å². The first-order chi connectivity index (χ1) is 10.1. The van der Waals surface area contributed by atoms with Gasteiger partial charge in [0, 0.05) is 12.6 Å². The van der Waals surface area contributed by atoms with Crippen molar-refractivity contribution in [3.05, 3.63) is 35.1 Å². The highest BCUT2D eigenvalue weighted by molar-refractivity contribution is 6.45. The Bertz CT molecular complexity index is 618. The molecule has 0 heterocycles. The smallest absolute Gasteiger partial charge is 0.270 e. The molecule has 3 N–H and O–H groups in total. The number of benzene rings is 1. The SMILES string of the molecule is CN=C(C(=O)NC(C(N)=O)C(C)(C)C)c1cccc(F)c1C. The molecule has 0 bridgehead atoms. The molecular weight excluding hydrogens is 285 g/mol. The predicted octanol–water partition coefficient (Wildman–Crippen LogP) is 1.57. The number of hydrogen-bond acceptors (Lipinski definition) is 3. The van der Waals surface area contributed by atoms with Crippen molar-refractivity contribution in [1.29, 1.82) is 0 Å². The summed E-state index contributed by atoms with van der Waals surface area (Å²) in [4.78, 5) is 27.9. The molecule has 1 rings (SSSR count). The van der Waals surface area contributed by atoms with E-state index in [2.05, 4.69) is 10.3 Å². The van der Waals surface area contributed by atoms with Crippen LogP contribution in [0.15, 0.2) is 23.2 Å². The summed E-state index contributed by atoms with van der Waals surface area (Å²) >= 11 is 0. The quantitative estimate of drug-likeness (QED) is 0.827. The number of primary amides is 1. The number of nitrogens with zero attached hydrogens (tertiary/aromatic N) is 1. The lowest BCUT2D eigenvalue weighted by molar-refractivity contribution is -0.126. The molecule has 1 unspecified atom stereocenters. The summed E-state index contributed by atoms with van der Waals surface area (Å²) in [5.74, 6) is -1.61. The van der Waals surface area contributed by atoms with Crippen molar-refractivity contribution in [3.63, 3.8) is 0 Å². The van der Waals surface area contributed by atoms with Crippen molar-refractivity contribution in [1.82, 2.24) is 5.32 Å². The maximum absolute atomic E-state index is 13.7. The monoisotopic (exact) mass is 307 g/mol. The number of aliphatic imine (C=N–C) groups is 1. The van der Waals surface area contributed by atoms with Gasteiger partial charge in [-0.05, 0) is 24.0 Å². The van der Waals surface area contributed by atoms with Gasteiger partial charge in [-0.2, -0.15) is 0 Å². The van der Waals surface area contributed by atoms with E-state index in [0.717, 1.165) is 0 Å². The molecule has 1 aromatic carbocycles. The highest BCUT2D eigenvalue weighted by Crippen LogP contribution is 2.20. The summed E-state index contributed by atoms with van der Waals surface area (Å²) in [5.41, 5.74) is 5.58. The highest BCUT2D eigenvalue weighted by atomic mass is 19.1. The maximum Gasteiger partial charge on any atom is 0.270 e. The van der Waals surface area contributed by atoms with Gasteiger partial charge in [0.2, 0.25) is 5.91 Å². The van der Waals surface area contributed by atoms with Crippen LogP contribution in [0.3, 0.4) is 0 Å². The average molecular weight is 307 g/mol. The first-order valence-corrected chi connectivity index (χ1v) is 6.92. The van der Waals surface area contributed by atoms with Crippen LogP contribution >= 0.6 is 0 Å². The van der Waals surface area contributed by atoms with Crippen LogP contribution in [0.25, 0.3) is 0 Å². The zero-order chi connectivity index (χ0) is 17.1. The third kappa shape index (κ3) is 3.90. The molecule has 0 saturated heterocycles. The number of nitrogens with one attached hydrogen (secondary N) is 1. The first kappa shape index (κ1) is 17.8. The number of carbonyl (C=O) groups excluding carboxylic acids is 2. The van der Waals surface area contributed by atoms with Gasteiger partial charge in [-0.1, -0.05) is 32.9 Å². The minimum absolute atomic E-state index is 0.0625. The molecule has 0 fully saturated rings. The van der Waals surface area contributed by atoms with Gasteiger partial charge in [-0.3, -0.25) is 14.6 Å². The van der Waals surface area contributed by atoms with Crippen molar-refractivity contribution in [2.45, 2.75) is 33.7 Å². The third-order valence-electron chi connectivity index (χ3n) is 3.39. The van der Waals surface area contributed by atoms with Crippen LogP contribution in [0, 0.1) is 18.2 Å². The zero-order valence-electron chi connectivity index (χ0n) is 13.5. The van der Waals surface area contributed by atoms with Crippen LogP contribution in [0.4, 0.5) is 4.39 Å². The Balaban J connectivity index is 3.14. The van der Waals surface area contributed by atoms with Crippen LogP contribution in [0.1, 0.15) is 31.9 Å². The van der Waals surface area contributed by atoms with Crippen molar-refractivity contribution >= 4 is 17.5 Å². The van der Waals surface area contributed by atoms with Crippen LogP contribution in [0.2, 0.25) is 0 Å². The zero-order valence-corrected chi connectivity index (χ0v) is 13.5. The minimum Gasteiger partial charge on any atom is -0.368 e. The largest absolute Gasteiger partial charge is 0.368 e. The van der Waals surface area contributed by atoms with Gasteiger partial charge in [0.1, 0.15) is 17.6 Å². The van der Waals surface area contributed by atoms with E-state index >= 15 is 0 Å². The van der Waals surface area contributed by atoms with Crippen molar-refractivity contribution in [2.75, 3.05) is 7.05 Å². The fourth-order valence-electron chi connectivity index (χ4n) is 2.12. The van der Waals surface area contributed by atoms with E-state index in [1.807, 2.05) is 0 Å². The predicted molar refractivity (Wildman–Crippen MR) is 84.2 cm³/mol. The van der Waals surface area contributed by atoms with Gasteiger partial charge >= 0.3 is 0 Å². The lowest BCUT2D eigenvalue weighted by Gasteiger charge is -2.29. The summed E-state index contributed by atoms with van der Waals surface area (Å²) in [6.07, 6.45) is 0. The molecule has 22 heavy (non-hydrogen) atoms. The van der Waals surface area contributed by atoms with Gasteiger partial charge in [0.05, 0.1) is 0 Å². The lowest BCUT2D eigenvalue weighted by atomic mass is 9.86. The van der Waals surface area contributed by atoms with Crippen molar-refractivity contribution in [2.24, 2.45) is 16.1 Å². The molecule has 1 atom stereocenters. The Morgan fingerprint density at radius 3 is 2.36 bits per heavy atom. The number of nitrogens with two attached hydrogens (primary N) is 1. The molecule has 1 aromatic rings. The maximum atomic E-state index is 13.7. The number of hydrogen-bond donors (Lipinski definition) is 2. The van der Waals surface area contributed by atoms with Gasteiger partial charge in [0.15, 0.2) is 0 Å². The molecule has 5 nitrogen and oxygen atoms in total. The van der Waals surface area contributed by atoms with E-state index in [1.165, 1.54) is 19.2 Å². The van der Waals surface area contributed by atoms with Gasteiger partial charge in [-0.15, -0.1) is 0 Å². The Morgan fingerprint density at radius 2 is 1.91 bits per heavy atom. The van der Waals surface area contributed by atoms with E-state index < -0.39 is 29.1 Å². The molecule has 0 saturated carbocycles. The van der Waals surface area contributed by atoms with Crippen LogP contribution in [-0.2, 0) is 9.59 Å². The lowest BCUT2D eigenvalue weighted by Crippen LogP contribution is -2.53. The third-order valence-corrected chi connectivity index (χ3v) is 3.39. The Kier molecular flexibility index (Phi) is 5.41. The summed E-state index contributed by atoms with van der Waals surface area (Å²) in [6, 6.07) is 3.57. The summed E-state index contributed by atoms with van der Waals surface area (Å²) in [5, 5.41) is 2.59. The fraction of sp³-hybridized carbons (Fsp3) is 0.438. The normalized spacial score (nSPS) is 13.6. The fourth-order valence-corrected chi connectivity index (χ4v) is 2.12. The van der Waals surface area contributed by atoms with Crippen LogP contribution in [0.5, 0.6) is 0 Å². The number of carbonyl (C=O) groups is 2. The van der Waals surface area contributed by atoms with E-state index in [0.29, 0.717) is 11.1 Å². The van der Waals surface area contributed by atoms with Crippen molar-refractivity contribution < 1.29 is 14.0 Å². The summed E-state index contributed by atoms with van der Waals surface area (Å²) in [7, 11) is 1.44. The topological polar surface area (TPSA) is 84.6 Å². The Morgan fingerprint density at radius 1 is 1.32 bits per heavy atom. The minimum atomic E-state index is -0.856. The first-order valence-electron chi connectivity index (χ1n) is 6.92. The highest BCUT2D eigenvalue weighted by Gasteiger charge is 2.32. The second-order valence-corrected chi connectivity index (χ2v) is 6.16. The molecule has 0 aromatic heterocycles. The molecular formula is C16H22FN3O2. The average Bonchev–Trinajstić information content (AvgIpc) is 2.40. The molecule has 0 radical (unpaired) electrons. The number of amides is 2. The number of halogens is 1. The van der Waals surface area contributed by atoms with Crippen LogP contribution in [-0.4, -0.2) is 30.6 Å². The molecule has 0 aliphatic heterocycles. The Hall–Kier alpha value is -2.24. The second kappa shape index (κ2) is 6.68. The number of rotatable bonds is 4. The van der Waals surface area contributed by atoms with Crippen molar-refractivity contribution in [3.8, 4) is 0 Å². The Labute approximate surface area is 129 Å². The van der Waals surface area contributed by atoms with E-state index in [9.17, 15) is 14.0 Å². The summed E-state index contributed by atoms with van der Waals surface area (Å²) in [6.45, 7) is 6.94. The van der Waals surface area contributed by atoms with Crippen LogP contribution < -0.4 is 11.1 Å². The molecule has 2 amide bonds. The van der Waals surface area contributed by atoms with Gasteiger partial charge in [-0.25, -0.2) is 4.39 Å². The van der Waals surface area contributed by atoms with E-state index in [1.54, 1.807) is 33.8 Å². The van der Waals surface area contributed by atoms with E-state index in [-0.39, 0.29) is 5.71 Å². The standard InChI is InChI=1S/C16H22FN3O2/c1-9-10(7-6-8-11(9)17)12(19-5)15(22)20-13(14(18)21)16(2,3)4/h6-8,13H,1-5H3,(H2,18,21)(H,20,22). The molecule has 0 aliphatic rings. The summed E-state index contributed by atoms with van der Waals surface area (Å²) < 4.78 is 13.7. The molecule has 0 aliphatic carbocycles. The molecule has 6 heteroatoms. The van der Waals surface area contributed by atoms with Gasteiger partial charge < -0.3 is 11.1 Å². The second-order valence-electron chi connectivity index (χ2n) is 6.16. The van der Waals surface area contributed by atoms with Gasteiger partial charge in [0.25, 0.3) is 5.91 Å².